The number of aromatic hydroxyl groups is 1. The minimum atomic E-state index is -3.76. The Balaban J connectivity index is 2.46. The van der Waals surface area contributed by atoms with Crippen molar-refractivity contribution in [2.75, 3.05) is 11.4 Å². The van der Waals surface area contributed by atoms with Gasteiger partial charge in [0.05, 0.1) is 10.6 Å². The predicted molar refractivity (Wildman–Crippen MR) is 86.0 cm³/mol. The van der Waals surface area contributed by atoms with E-state index in [0.29, 0.717) is 11.3 Å². The number of hydrogen-bond acceptors (Lipinski definition) is 4. The van der Waals surface area contributed by atoms with Crippen LogP contribution >= 0.6 is 12.2 Å². The third-order valence-corrected chi connectivity index (χ3v) is 4.99. The molecule has 2 rings (SSSR count). The van der Waals surface area contributed by atoms with Gasteiger partial charge in [0.25, 0.3) is 10.0 Å². The Kier molecular flexibility index (Phi) is 4.15. The number of rotatable bonds is 4. The maximum atomic E-state index is 12.6. The molecule has 0 saturated carbocycles. The minimum absolute atomic E-state index is 0.00793. The van der Waals surface area contributed by atoms with Crippen molar-refractivity contribution in [2.45, 2.75) is 4.90 Å². The molecule has 0 radical (unpaired) electrons. The molecule has 0 aliphatic heterocycles. The number of anilines is 1. The summed E-state index contributed by atoms with van der Waals surface area (Å²) in [7, 11) is -2.34. The number of nitrogens with zero attached hydrogens (tertiary/aromatic N) is 1. The van der Waals surface area contributed by atoms with E-state index < -0.39 is 10.0 Å². The van der Waals surface area contributed by atoms with Crippen molar-refractivity contribution in [2.24, 2.45) is 5.73 Å². The zero-order valence-electron chi connectivity index (χ0n) is 11.2. The first kappa shape index (κ1) is 15.3. The van der Waals surface area contributed by atoms with E-state index in [0.717, 1.165) is 4.31 Å². The molecule has 0 heterocycles. The molecule has 0 spiro atoms. The molecule has 0 aliphatic rings. The number of phenols is 1. The lowest BCUT2D eigenvalue weighted by atomic mass is 10.2. The lowest BCUT2D eigenvalue weighted by molar-refractivity contribution is 0.475. The number of hydrogen-bond donors (Lipinski definition) is 2. The molecule has 0 fully saturated rings. The van der Waals surface area contributed by atoms with Gasteiger partial charge in [-0.05, 0) is 24.3 Å². The van der Waals surface area contributed by atoms with Crippen molar-refractivity contribution in [3.63, 3.8) is 0 Å². The molecule has 0 amide bonds. The van der Waals surface area contributed by atoms with E-state index in [1.165, 1.54) is 31.3 Å². The van der Waals surface area contributed by atoms with Crippen molar-refractivity contribution in [3.8, 4) is 5.75 Å². The molecule has 0 atom stereocenters. The quantitative estimate of drug-likeness (QED) is 0.839. The van der Waals surface area contributed by atoms with Gasteiger partial charge in [0, 0.05) is 18.7 Å². The first-order valence-corrected chi connectivity index (χ1v) is 7.85. The molecule has 2 aromatic carbocycles. The molecule has 0 bridgehead atoms. The van der Waals surface area contributed by atoms with Crippen molar-refractivity contribution >= 4 is 32.9 Å². The summed E-state index contributed by atoms with van der Waals surface area (Å²) in [6, 6.07) is 12.1. The van der Waals surface area contributed by atoms with Crippen LogP contribution in [-0.4, -0.2) is 25.6 Å². The second-order valence-electron chi connectivity index (χ2n) is 4.38. The molecule has 21 heavy (non-hydrogen) atoms. The second kappa shape index (κ2) is 5.71. The van der Waals surface area contributed by atoms with Crippen LogP contribution in [0.3, 0.4) is 0 Å². The fourth-order valence-electron chi connectivity index (χ4n) is 1.80. The molecular formula is C14H14N2O3S2. The van der Waals surface area contributed by atoms with Crippen LogP contribution < -0.4 is 10.0 Å². The summed E-state index contributed by atoms with van der Waals surface area (Å²) in [4.78, 5) is 0.214. The first-order chi connectivity index (χ1) is 9.82. The standard InChI is InChI=1S/C14H14N2O3S2/c1-16(11-5-3-6-12(17)9-11)21(18,19)13-7-2-4-10(8-13)14(15)20/h2-9,17H,1H3,(H2,15,20). The summed E-state index contributed by atoms with van der Waals surface area (Å²) < 4.78 is 26.2. The summed E-state index contributed by atoms with van der Waals surface area (Å²) in [6.45, 7) is 0. The highest BCUT2D eigenvalue weighted by Crippen LogP contribution is 2.25. The Morgan fingerprint density at radius 2 is 1.86 bits per heavy atom. The predicted octanol–water partition coefficient (Wildman–Crippen LogP) is 1.85. The maximum Gasteiger partial charge on any atom is 0.264 e. The summed E-state index contributed by atoms with van der Waals surface area (Å²) in [6.07, 6.45) is 0. The number of nitrogens with two attached hydrogens (primary N) is 1. The van der Waals surface area contributed by atoms with Gasteiger partial charge >= 0.3 is 0 Å². The van der Waals surface area contributed by atoms with E-state index in [1.54, 1.807) is 24.3 Å². The van der Waals surface area contributed by atoms with E-state index >= 15 is 0 Å². The smallest absolute Gasteiger partial charge is 0.264 e. The van der Waals surface area contributed by atoms with E-state index in [9.17, 15) is 13.5 Å². The number of phenolic OH excluding ortho intramolecular Hbond substituents is 1. The zero-order valence-corrected chi connectivity index (χ0v) is 12.9. The third kappa shape index (κ3) is 3.14. The molecule has 0 saturated heterocycles. The summed E-state index contributed by atoms with van der Waals surface area (Å²) in [5.41, 5.74) is 6.36. The van der Waals surface area contributed by atoms with E-state index in [2.05, 4.69) is 0 Å². The molecule has 110 valence electrons. The van der Waals surface area contributed by atoms with Crippen LogP contribution in [0.15, 0.2) is 53.4 Å². The molecule has 5 nitrogen and oxygen atoms in total. The van der Waals surface area contributed by atoms with Crippen molar-refractivity contribution in [1.82, 2.24) is 0 Å². The number of benzene rings is 2. The van der Waals surface area contributed by atoms with E-state index in [4.69, 9.17) is 18.0 Å². The van der Waals surface area contributed by atoms with Crippen LogP contribution in [0.2, 0.25) is 0 Å². The monoisotopic (exact) mass is 322 g/mol. The van der Waals surface area contributed by atoms with Gasteiger partial charge in [-0.2, -0.15) is 0 Å². The van der Waals surface area contributed by atoms with Crippen LogP contribution in [0.4, 0.5) is 5.69 Å². The molecule has 0 unspecified atom stereocenters. The molecule has 2 aromatic rings. The summed E-state index contributed by atoms with van der Waals surface area (Å²) in [5.74, 6) is -0.00793. The third-order valence-electron chi connectivity index (χ3n) is 2.97. The second-order valence-corrected chi connectivity index (χ2v) is 6.79. The Morgan fingerprint density at radius 3 is 2.48 bits per heavy atom. The molecule has 0 aliphatic carbocycles. The number of sulfonamides is 1. The van der Waals surface area contributed by atoms with Gasteiger partial charge in [0.15, 0.2) is 0 Å². The van der Waals surface area contributed by atoms with Crippen LogP contribution in [0.1, 0.15) is 5.56 Å². The highest BCUT2D eigenvalue weighted by molar-refractivity contribution is 7.92. The largest absolute Gasteiger partial charge is 0.508 e. The zero-order chi connectivity index (χ0) is 15.6. The average Bonchev–Trinajstić information content (AvgIpc) is 2.46. The molecule has 7 heteroatoms. The molecular weight excluding hydrogens is 308 g/mol. The molecule has 0 aromatic heterocycles. The van der Waals surface area contributed by atoms with Gasteiger partial charge < -0.3 is 10.8 Å². The topological polar surface area (TPSA) is 83.6 Å². The Hall–Kier alpha value is -2.12. The lowest BCUT2D eigenvalue weighted by Gasteiger charge is -2.20. The Morgan fingerprint density at radius 1 is 1.19 bits per heavy atom. The lowest BCUT2D eigenvalue weighted by Crippen LogP contribution is -2.26. The van der Waals surface area contributed by atoms with Crippen LogP contribution in [-0.2, 0) is 10.0 Å². The van der Waals surface area contributed by atoms with E-state index in [1.807, 2.05) is 0 Å². The number of thiocarbonyl (C=S) groups is 1. The van der Waals surface area contributed by atoms with Crippen LogP contribution in [0.5, 0.6) is 5.75 Å². The normalized spacial score (nSPS) is 11.1. The van der Waals surface area contributed by atoms with Gasteiger partial charge in [-0.15, -0.1) is 0 Å². The van der Waals surface area contributed by atoms with Gasteiger partial charge in [-0.1, -0.05) is 30.4 Å². The Labute approximate surface area is 128 Å². The molecule has 3 N–H and O–H groups in total. The SMILES string of the molecule is CN(c1cccc(O)c1)S(=O)(=O)c1cccc(C(N)=S)c1. The van der Waals surface area contributed by atoms with Crippen LogP contribution in [0, 0.1) is 0 Å². The van der Waals surface area contributed by atoms with Crippen LogP contribution in [0.25, 0.3) is 0 Å². The summed E-state index contributed by atoms with van der Waals surface area (Å²) >= 11 is 4.86. The van der Waals surface area contributed by atoms with Gasteiger partial charge in [0.1, 0.15) is 10.7 Å². The van der Waals surface area contributed by atoms with Crippen molar-refractivity contribution < 1.29 is 13.5 Å². The summed E-state index contributed by atoms with van der Waals surface area (Å²) in [5, 5.41) is 9.46. The fraction of sp³-hybridized carbons (Fsp3) is 0.0714. The van der Waals surface area contributed by atoms with Gasteiger partial charge in [-0.25, -0.2) is 8.42 Å². The van der Waals surface area contributed by atoms with Crippen molar-refractivity contribution in [1.29, 1.82) is 0 Å². The minimum Gasteiger partial charge on any atom is -0.508 e. The Bertz CT molecular complexity index is 788. The highest BCUT2D eigenvalue weighted by Gasteiger charge is 2.22. The van der Waals surface area contributed by atoms with Gasteiger partial charge in [0.2, 0.25) is 0 Å². The average molecular weight is 322 g/mol. The maximum absolute atomic E-state index is 12.6. The first-order valence-electron chi connectivity index (χ1n) is 6.00. The highest BCUT2D eigenvalue weighted by atomic mass is 32.2. The van der Waals surface area contributed by atoms with Crippen molar-refractivity contribution in [3.05, 3.63) is 54.1 Å². The van der Waals surface area contributed by atoms with Gasteiger partial charge in [-0.3, -0.25) is 4.31 Å². The van der Waals surface area contributed by atoms with E-state index in [-0.39, 0.29) is 15.6 Å². The fourth-order valence-corrected chi connectivity index (χ4v) is 3.16.